The highest BCUT2D eigenvalue weighted by Crippen LogP contribution is 2.34. The number of nitrogens with zero attached hydrogens (tertiary/aromatic N) is 1. The summed E-state index contributed by atoms with van der Waals surface area (Å²) in [4.78, 5) is 24.0. The predicted octanol–water partition coefficient (Wildman–Crippen LogP) is 3.84. The average molecular weight is 358 g/mol. The van der Waals surface area contributed by atoms with E-state index in [9.17, 15) is 9.59 Å². The molecule has 3 aromatic rings. The van der Waals surface area contributed by atoms with Gasteiger partial charge in [0.1, 0.15) is 0 Å². The summed E-state index contributed by atoms with van der Waals surface area (Å²) in [7, 11) is 1.78. The molecule has 4 nitrogen and oxygen atoms in total. The van der Waals surface area contributed by atoms with Gasteiger partial charge in [-0.3, -0.25) is 9.59 Å². The Labute approximate surface area is 158 Å². The fourth-order valence-corrected chi connectivity index (χ4v) is 3.73. The third-order valence-corrected chi connectivity index (χ3v) is 5.12. The molecule has 0 bridgehead atoms. The molecule has 0 saturated heterocycles. The first-order chi connectivity index (χ1) is 13.0. The van der Waals surface area contributed by atoms with Crippen molar-refractivity contribution in [2.45, 2.75) is 26.2 Å². The number of carbonyl (C=O) groups is 1. The first-order valence-corrected chi connectivity index (χ1v) is 9.18. The maximum atomic E-state index is 12.0. The number of anilines is 1. The van der Waals surface area contributed by atoms with Crippen LogP contribution in [0.4, 0.5) is 5.69 Å². The minimum atomic E-state index is 0.0217. The molecule has 4 rings (SSSR count). The highest BCUT2D eigenvalue weighted by Gasteiger charge is 2.20. The molecular weight excluding hydrogens is 336 g/mol. The van der Waals surface area contributed by atoms with Gasteiger partial charge in [-0.2, -0.15) is 0 Å². The molecule has 1 amide bonds. The lowest BCUT2D eigenvalue weighted by Gasteiger charge is -2.22. The summed E-state index contributed by atoms with van der Waals surface area (Å²) in [5.74, 6) is 0.0718. The number of nitrogens with one attached hydrogen (secondary N) is 1. The molecule has 0 unspecified atom stereocenters. The number of carbonyl (C=O) groups excluding carboxylic acids is 1. The summed E-state index contributed by atoms with van der Waals surface area (Å²) in [6.07, 6.45) is 3.88. The molecule has 0 radical (unpaired) electrons. The summed E-state index contributed by atoms with van der Waals surface area (Å²) in [6.45, 7) is 1.84. The maximum Gasteiger partial charge on any atom is 0.253 e. The van der Waals surface area contributed by atoms with Crippen LogP contribution in [0.25, 0.3) is 11.1 Å². The van der Waals surface area contributed by atoms with Gasteiger partial charge in [-0.15, -0.1) is 0 Å². The minimum Gasteiger partial charge on any atom is -0.326 e. The zero-order valence-electron chi connectivity index (χ0n) is 15.6. The number of rotatable bonds is 3. The van der Waals surface area contributed by atoms with Crippen LogP contribution in [0, 0.1) is 6.92 Å². The minimum absolute atomic E-state index is 0.0217. The normalized spacial score (nSPS) is 13.2. The second-order valence-corrected chi connectivity index (χ2v) is 7.21. The van der Waals surface area contributed by atoms with E-state index in [1.54, 1.807) is 11.6 Å². The molecule has 0 atom stereocenters. The standard InChI is InChI=1S/C23H22N2O2/c1-15-10-20(14-25(2)23(15)27)18-12-17-8-9-21(26)24-22(17)19(13-18)11-16-6-4-3-5-7-16/h3-7,10,12-14H,8-9,11H2,1-2H3,(H,24,26). The van der Waals surface area contributed by atoms with Crippen molar-refractivity contribution in [1.82, 2.24) is 4.57 Å². The van der Waals surface area contributed by atoms with E-state index >= 15 is 0 Å². The quantitative estimate of drug-likeness (QED) is 0.773. The molecule has 0 spiro atoms. The Balaban J connectivity index is 1.85. The molecule has 0 fully saturated rings. The maximum absolute atomic E-state index is 12.0. The highest BCUT2D eigenvalue weighted by atomic mass is 16.1. The van der Waals surface area contributed by atoms with Crippen LogP contribution in [0.15, 0.2) is 59.5 Å². The van der Waals surface area contributed by atoms with Crippen LogP contribution in [0.5, 0.6) is 0 Å². The number of fused-ring (bicyclic) bond motifs is 1. The van der Waals surface area contributed by atoms with Gasteiger partial charge in [-0.25, -0.2) is 0 Å². The Kier molecular flexibility index (Phi) is 4.40. The van der Waals surface area contributed by atoms with E-state index in [0.29, 0.717) is 6.42 Å². The zero-order chi connectivity index (χ0) is 19.0. The Morgan fingerprint density at radius 2 is 1.78 bits per heavy atom. The predicted molar refractivity (Wildman–Crippen MR) is 108 cm³/mol. The van der Waals surface area contributed by atoms with Crippen molar-refractivity contribution in [3.63, 3.8) is 0 Å². The lowest BCUT2D eigenvalue weighted by atomic mass is 9.91. The largest absolute Gasteiger partial charge is 0.326 e. The summed E-state index contributed by atoms with van der Waals surface area (Å²) in [5, 5.41) is 3.07. The topological polar surface area (TPSA) is 51.1 Å². The van der Waals surface area contributed by atoms with E-state index in [1.807, 2.05) is 37.4 Å². The fourth-order valence-electron chi connectivity index (χ4n) is 3.73. The van der Waals surface area contributed by atoms with Crippen LogP contribution in [-0.2, 0) is 24.7 Å². The van der Waals surface area contributed by atoms with Crippen molar-refractivity contribution < 1.29 is 4.79 Å². The number of hydrogen-bond acceptors (Lipinski definition) is 2. The van der Waals surface area contributed by atoms with Gasteiger partial charge in [-0.05, 0) is 65.8 Å². The van der Waals surface area contributed by atoms with Crippen molar-refractivity contribution in [1.29, 1.82) is 0 Å². The van der Waals surface area contributed by atoms with Gasteiger partial charge >= 0.3 is 0 Å². The number of amides is 1. The van der Waals surface area contributed by atoms with Crippen molar-refractivity contribution in [2.75, 3.05) is 5.32 Å². The summed E-state index contributed by atoms with van der Waals surface area (Å²) in [5.41, 5.74) is 7.25. The first-order valence-electron chi connectivity index (χ1n) is 9.18. The third kappa shape index (κ3) is 3.43. The van der Waals surface area contributed by atoms with E-state index in [-0.39, 0.29) is 11.5 Å². The van der Waals surface area contributed by atoms with Gasteiger partial charge in [0.25, 0.3) is 5.56 Å². The molecule has 1 aliphatic rings. The first kappa shape index (κ1) is 17.3. The summed E-state index contributed by atoms with van der Waals surface area (Å²) < 4.78 is 1.63. The lowest BCUT2D eigenvalue weighted by molar-refractivity contribution is -0.116. The van der Waals surface area contributed by atoms with Crippen LogP contribution < -0.4 is 10.9 Å². The fraction of sp³-hybridized carbons (Fsp3) is 0.217. The number of hydrogen-bond donors (Lipinski definition) is 1. The van der Waals surface area contributed by atoms with Crippen LogP contribution >= 0.6 is 0 Å². The third-order valence-electron chi connectivity index (χ3n) is 5.12. The molecule has 1 aliphatic heterocycles. The Morgan fingerprint density at radius 3 is 2.52 bits per heavy atom. The smallest absolute Gasteiger partial charge is 0.253 e. The van der Waals surface area contributed by atoms with E-state index in [1.165, 1.54) is 5.56 Å². The molecule has 2 aromatic carbocycles. The van der Waals surface area contributed by atoms with Gasteiger partial charge in [0, 0.05) is 30.9 Å². The van der Waals surface area contributed by atoms with Crippen LogP contribution in [0.2, 0.25) is 0 Å². The molecule has 2 heterocycles. The zero-order valence-corrected chi connectivity index (χ0v) is 15.6. The van der Waals surface area contributed by atoms with Crippen molar-refractivity contribution in [3.8, 4) is 11.1 Å². The summed E-state index contributed by atoms with van der Waals surface area (Å²) >= 11 is 0. The number of aromatic nitrogens is 1. The van der Waals surface area contributed by atoms with Crippen LogP contribution in [-0.4, -0.2) is 10.5 Å². The van der Waals surface area contributed by atoms with Gasteiger partial charge in [0.05, 0.1) is 0 Å². The van der Waals surface area contributed by atoms with Crippen LogP contribution in [0.3, 0.4) is 0 Å². The van der Waals surface area contributed by atoms with Crippen molar-refractivity contribution in [3.05, 3.63) is 87.3 Å². The molecule has 1 aromatic heterocycles. The Hall–Kier alpha value is -3.14. The molecule has 4 heteroatoms. The molecule has 1 N–H and O–H groups in total. The van der Waals surface area contributed by atoms with Gasteiger partial charge < -0.3 is 9.88 Å². The van der Waals surface area contributed by atoms with E-state index < -0.39 is 0 Å². The highest BCUT2D eigenvalue weighted by molar-refractivity contribution is 5.95. The lowest BCUT2D eigenvalue weighted by Crippen LogP contribution is -2.21. The second-order valence-electron chi connectivity index (χ2n) is 7.21. The number of aryl methyl sites for hydroxylation is 3. The monoisotopic (exact) mass is 358 g/mol. The Bertz CT molecular complexity index is 1060. The van der Waals surface area contributed by atoms with E-state index in [2.05, 4.69) is 29.6 Å². The second kappa shape index (κ2) is 6.88. The van der Waals surface area contributed by atoms with Gasteiger partial charge in [0.15, 0.2) is 0 Å². The molecule has 136 valence electrons. The molecule has 27 heavy (non-hydrogen) atoms. The number of benzene rings is 2. The van der Waals surface area contributed by atoms with Crippen molar-refractivity contribution in [2.24, 2.45) is 7.05 Å². The summed E-state index contributed by atoms with van der Waals surface area (Å²) in [6, 6.07) is 16.5. The van der Waals surface area contributed by atoms with E-state index in [0.717, 1.165) is 46.3 Å². The number of pyridine rings is 1. The molecular formula is C23H22N2O2. The van der Waals surface area contributed by atoms with E-state index in [4.69, 9.17) is 0 Å². The van der Waals surface area contributed by atoms with Crippen molar-refractivity contribution >= 4 is 11.6 Å². The molecule has 0 aliphatic carbocycles. The van der Waals surface area contributed by atoms with Gasteiger partial charge in [-0.1, -0.05) is 30.3 Å². The van der Waals surface area contributed by atoms with Gasteiger partial charge in [0.2, 0.25) is 5.91 Å². The van der Waals surface area contributed by atoms with Crippen LogP contribution in [0.1, 0.15) is 28.7 Å². The Morgan fingerprint density at radius 1 is 1.00 bits per heavy atom. The SMILES string of the molecule is Cc1cc(-c2cc3c(c(Cc4ccccc4)c2)NC(=O)CC3)cn(C)c1=O. The molecule has 0 saturated carbocycles. The average Bonchev–Trinajstić information content (AvgIpc) is 2.66.